The molecule has 0 bridgehead atoms. The number of benzene rings is 2. The standard InChI is InChI=1S/C19H16Cl2N2O2/c1-10-5-4-6-15(12(10)3)23-18(24)16(21)17(19(23)25)22-14-8-7-13(20)9-11(14)2/h4-9,22H,1-3H3. The first-order valence-corrected chi connectivity index (χ1v) is 8.45. The molecule has 0 aliphatic carbocycles. The van der Waals surface area contributed by atoms with Gasteiger partial charge in [-0.1, -0.05) is 35.3 Å². The fourth-order valence-corrected chi connectivity index (χ4v) is 3.15. The molecule has 3 rings (SSSR count). The molecule has 1 N–H and O–H groups in total. The molecule has 0 fully saturated rings. The molecule has 0 aromatic heterocycles. The van der Waals surface area contributed by atoms with E-state index in [0.717, 1.165) is 21.6 Å². The Hall–Kier alpha value is -2.30. The molecular formula is C19H16Cl2N2O2. The lowest BCUT2D eigenvalue weighted by Gasteiger charge is -2.19. The van der Waals surface area contributed by atoms with E-state index in [1.165, 1.54) is 0 Å². The van der Waals surface area contributed by atoms with Gasteiger partial charge in [-0.15, -0.1) is 0 Å². The maximum atomic E-state index is 12.8. The fraction of sp³-hybridized carbons (Fsp3) is 0.158. The summed E-state index contributed by atoms with van der Waals surface area (Å²) >= 11 is 12.1. The molecule has 4 nitrogen and oxygen atoms in total. The molecular weight excluding hydrogens is 359 g/mol. The highest BCUT2D eigenvalue weighted by molar-refractivity contribution is 6.53. The van der Waals surface area contributed by atoms with E-state index in [2.05, 4.69) is 5.32 Å². The van der Waals surface area contributed by atoms with E-state index in [1.54, 1.807) is 30.3 Å². The van der Waals surface area contributed by atoms with Gasteiger partial charge in [0, 0.05) is 10.7 Å². The summed E-state index contributed by atoms with van der Waals surface area (Å²) in [5.41, 5.74) is 3.97. The van der Waals surface area contributed by atoms with Crippen LogP contribution < -0.4 is 10.2 Å². The highest BCUT2D eigenvalue weighted by Crippen LogP contribution is 2.33. The molecule has 0 radical (unpaired) electrons. The zero-order valence-electron chi connectivity index (χ0n) is 14.0. The summed E-state index contributed by atoms with van der Waals surface area (Å²) in [6.07, 6.45) is 0. The van der Waals surface area contributed by atoms with Gasteiger partial charge in [-0.2, -0.15) is 0 Å². The van der Waals surface area contributed by atoms with Crippen molar-refractivity contribution in [1.29, 1.82) is 0 Å². The Kier molecular flexibility index (Phi) is 4.58. The molecule has 1 heterocycles. The van der Waals surface area contributed by atoms with Crippen molar-refractivity contribution in [3.8, 4) is 0 Å². The van der Waals surface area contributed by atoms with E-state index < -0.39 is 11.8 Å². The SMILES string of the molecule is Cc1cc(Cl)ccc1NC1=C(Cl)C(=O)N(c2cccc(C)c2C)C1=O. The van der Waals surface area contributed by atoms with Crippen molar-refractivity contribution in [2.24, 2.45) is 0 Å². The van der Waals surface area contributed by atoms with Crippen LogP contribution in [0.3, 0.4) is 0 Å². The second-order valence-corrected chi connectivity index (χ2v) is 6.75. The molecule has 128 valence electrons. The quantitative estimate of drug-likeness (QED) is 0.791. The number of nitrogens with zero attached hydrogens (tertiary/aromatic N) is 1. The number of amides is 2. The number of halogens is 2. The Labute approximate surface area is 156 Å². The molecule has 2 amide bonds. The van der Waals surface area contributed by atoms with Gasteiger partial charge in [-0.3, -0.25) is 9.59 Å². The number of imide groups is 1. The van der Waals surface area contributed by atoms with E-state index in [1.807, 2.05) is 26.8 Å². The van der Waals surface area contributed by atoms with E-state index in [4.69, 9.17) is 23.2 Å². The highest BCUT2D eigenvalue weighted by atomic mass is 35.5. The lowest BCUT2D eigenvalue weighted by Crippen LogP contribution is -2.33. The third-order valence-electron chi connectivity index (χ3n) is 4.29. The van der Waals surface area contributed by atoms with E-state index in [-0.39, 0.29) is 10.7 Å². The second kappa shape index (κ2) is 6.54. The number of nitrogens with one attached hydrogen (secondary N) is 1. The third kappa shape index (κ3) is 3.03. The minimum Gasteiger partial charge on any atom is -0.349 e. The van der Waals surface area contributed by atoms with Gasteiger partial charge in [0.1, 0.15) is 10.7 Å². The van der Waals surface area contributed by atoms with Crippen LogP contribution in [0.1, 0.15) is 16.7 Å². The zero-order valence-corrected chi connectivity index (χ0v) is 15.5. The summed E-state index contributed by atoms with van der Waals surface area (Å²) < 4.78 is 0. The molecule has 0 saturated heterocycles. The predicted molar refractivity (Wildman–Crippen MR) is 101 cm³/mol. The van der Waals surface area contributed by atoms with E-state index in [9.17, 15) is 9.59 Å². The predicted octanol–water partition coefficient (Wildman–Crippen LogP) is 4.70. The number of aryl methyl sites for hydroxylation is 2. The lowest BCUT2D eigenvalue weighted by atomic mass is 10.1. The Morgan fingerprint density at radius 3 is 2.32 bits per heavy atom. The Bertz CT molecular complexity index is 935. The van der Waals surface area contributed by atoms with Gasteiger partial charge in [-0.05, 0) is 61.7 Å². The fourth-order valence-electron chi connectivity index (χ4n) is 2.71. The maximum Gasteiger partial charge on any atom is 0.283 e. The smallest absolute Gasteiger partial charge is 0.283 e. The van der Waals surface area contributed by atoms with Crippen LogP contribution in [0.15, 0.2) is 47.1 Å². The van der Waals surface area contributed by atoms with Crippen LogP contribution in [0.2, 0.25) is 5.02 Å². The third-order valence-corrected chi connectivity index (χ3v) is 4.88. The molecule has 6 heteroatoms. The Morgan fingerprint density at radius 2 is 1.64 bits per heavy atom. The summed E-state index contributed by atoms with van der Waals surface area (Å²) in [6.45, 7) is 5.65. The monoisotopic (exact) mass is 374 g/mol. The largest absolute Gasteiger partial charge is 0.349 e. The molecule has 0 saturated carbocycles. The normalized spacial score (nSPS) is 14.5. The Morgan fingerprint density at radius 1 is 0.920 bits per heavy atom. The van der Waals surface area contributed by atoms with E-state index >= 15 is 0 Å². The van der Waals surface area contributed by atoms with Crippen LogP contribution in [0, 0.1) is 20.8 Å². The number of rotatable bonds is 3. The minimum atomic E-state index is -0.533. The van der Waals surface area contributed by atoms with Gasteiger partial charge >= 0.3 is 0 Å². The van der Waals surface area contributed by atoms with Crippen molar-refractivity contribution >= 4 is 46.4 Å². The van der Waals surface area contributed by atoms with Gasteiger partial charge < -0.3 is 5.32 Å². The average Bonchev–Trinajstić information content (AvgIpc) is 2.76. The molecule has 0 spiro atoms. The van der Waals surface area contributed by atoms with Crippen LogP contribution >= 0.6 is 23.2 Å². The number of carbonyl (C=O) groups is 2. The van der Waals surface area contributed by atoms with Crippen molar-refractivity contribution in [1.82, 2.24) is 0 Å². The maximum absolute atomic E-state index is 12.8. The van der Waals surface area contributed by atoms with Gasteiger partial charge in [0.25, 0.3) is 11.8 Å². The summed E-state index contributed by atoms with van der Waals surface area (Å²) in [4.78, 5) is 26.5. The summed E-state index contributed by atoms with van der Waals surface area (Å²) in [6, 6.07) is 10.7. The molecule has 1 aliphatic heterocycles. The lowest BCUT2D eigenvalue weighted by molar-refractivity contribution is -0.120. The van der Waals surface area contributed by atoms with Crippen molar-refractivity contribution in [3.05, 3.63) is 68.8 Å². The van der Waals surface area contributed by atoms with Crippen LogP contribution in [-0.4, -0.2) is 11.8 Å². The highest BCUT2D eigenvalue weighted by Gasteiger charge is 2.39. The van der Waals surface area contributed by atoms with Crippen LogP contribution in [0.25, 0.3) is 0 Å². The topological polar surface area (TPSA) is 49.4 Å². The Balaban J connectivity index is 1.98. The van der Waals surface area contributed by atoms with Crippen LogP contribution in [-0.2, 0) is 9.59 Å². The number of anilines is 2. The first kappa shape index (κ1) is 17.5. The molecule has 1 aliphatic rings. The summed E-state index contributed by atoms with van der Waals surface area (Å²) in [7, 11) is 0. The van der Waals surface area contributed by atoms with Gasteiger partial charge in [0.05, 0.1) is 5.69 Å². The van der Waals surface area contributed by atoms with Crippen molar-refractivity contribution in [3.63, 3.8) is 0 Å². The van der Waals surface area contributed by atoms with Gasteiger partial charge in [0.15, 0.2) is 0 Å². The van der Waals surface area contributed by atoms with E-state index in [0.29, 0.717) is 16.4 Å². The number of carbonyl (C=O) groups excluding carboxylic acids is 2. The van der Waals surface area contributed by atoms with Crippen LogP contribution in [0.4, 0.5) is 11.4 Å². The number of hydrogen-bond donors (Lipinski definition) is 1. The molecule has 2 aromatic rings. The van der Waals surface area contributed by atoms with Crippen molar-refractivity contribution in [2.45, 2.75) is 20.8 Å². The summed E-state index contributed by atoms with van der Waals surface area (Å²) in [5, 5.41) is 3.44. The zero-order chi connectivity index (χ0) is 18.3. The first-order valence-electron chi connectivity index (χ1n) is 7.69. The molecule has 0 unspecified atom stereocenters. The minimum absolute atomic E-state index is 0.0676. The van der Waals surface area contributed by atoms with Crippen molar-refractivity contribution < 1.29 is 9.59 Å². The molecule has 2 aromatic carbocycles. The molecule has 0 atom stereocenters. The van der Waals surface area contributed by atoms with Crippen molar-refractivity contribution in [2.75, 3.05) is 10.2 Å². The first-order chi connectivity index (χ1) is 11.8. The van der Waals surface area contributed by atoms with Crippen LogP contribution in [0.5, 0.6) is 0 Å². The van der Waals surface area contributed by atoms with Gasteiger partial charge in [-0.25, -0.2) is 4.90 Å². The average molecular weight is 375 g/mol. The second-order valence-electron chi connectivity index (χ2n) is 5.94. The summed E-state index contributed by atoms with van der Waals surface area (Å²) in [5.74, 6) is -1.01. The molecule has 25 heavy (non-hydrogen) atoms. The number of hydrogen-bond acceptors (Lipinski definition) is 3. The van der Waals surface area contributed by atoms with Gasteiger partial charge in [0.2, 0.25) is 0 Å².